The molecule has 1 amide bonds. The Morgan fingerprint density at radius 2 is 2.10 bits per heavy atom. The van der Waals surface area contributed by atoms with Crippen LogP contribution in [-0.2, 0) is 11.2 Å². The minimum absolute atomic E-state index is 0.121. The van der Waals surface area contributed by atoms with E-state index in [1.807, 2.05) is 6.07 Å². The van der Waals surface area contributed by atoms with Crippen LogP contribution in [0.2, 0.25) is 0 Å². The van der Waals surface area contributed by atoms with Crippen LogP contribution in [0.3, 0.4) is 0 Å². The minimum atomic E-state index is -0.121. The molecular weight excluding hydrogens is 262 g/mol. The Hall–Kier alpha value is -1.32. The van der Waals surface area contributed by atoms with Gasteiger partial charge in [0.1, 0.15) is 0 Å². The molecule has 0 saturated heterocycles. The van der Waals surface area contributed by atoms with E-state index < -0.39 is 0 Å². The fourth-order valence-electron chi connectivity index (χ4n) is 5.84. The number of nitrogens with zero attached hydrogens (tertiary/aromatic N) is 1. The first-order chi connectivity index (χ1) is 10.0. The van der Waals surface area contributed by atoms with E-state index in [0.717, 1.165) is 43.2 Å². The van der Waals surface area contributed by atoms with E-state index >= 15 is 0 Å². The molecule has 2 unspecified atom stereocenters. The lowest BCUT2D eigenvalue weighted by molar-refractivity contribution is -0.149. The molecule has 0 spiro atoms. The van der Waals surface area contributed by atoms with Gasteiger partial charge in [0.2, 0.25) is 5.91 Å². The molecule has 1 aromatic rings. The van der Waals surface area contributed by atoms with Gasteiger partial charge in [-0.05, 0) is 62.2 Å². The van der Waals surface area contributed by atoms with Crippen molar-refractivity contribution in [2.24, 2.45) is 22.7 Å². The number of carbonyl (C=O) groups excluding carboxylic acids is 1. The third-order valence-corrected chi connectivity index (χ3v) is 6.09. The van der Waals surface area contributed by atoms with Gasteiger partial charge in [0.15, 0.2) is 5.82 Å². The number of aromatic amines is 1. The van der Waals surface area contributed by atoms with Crippen molar-refractivity contribution in [1.82, 2.24) is 10.2 Å². The monoisotopic (exact) mass is 287 g/mol. The predicted molar refractivity (Wildman–Crippen MR) is 81.8 cm³/mol. The van der Waals surface area contributed by atoms with Crippen molar-refractivity contribution in [3.05, 3.63) is 11.8 Å². The molecule has 1 aromatic heterocycles. The van der Waals surface area contributed by atoms with Gasteiger partial charge in [-0.25, -0.2) is 0 Å². The van der Waals surface area contributed by atoms with Crippen LogP contribution in [0.5, 0.6) is 0 Å². The second-order valence-corrected chi connectivity index (χ2v) is 8.14. The number of aromatic nitrogens is 2. The van der Waals surface area contributed by atoms with Gasteiger partial charge >= 0.3 is 0 Å². The Kier molecular flexibility index (Phi) is 2.76. The van der Waals surface area contributed by atoms with Gasteiger partial charge in [-0.15, -0.1) is 0 Å². The lowest BCUT2D eigenvalue weighted by Crippen LogP contribution is -2.55. The van der Waals surface area contributed by atoms with Gasteiger partial charge in [-0.1, -0.05) is 13.8 Å². The van der Waals surface area contributed by atoms with E-state index in [2.05, 4.69) is 29.4 Å². The Morgan fingerprint density at radius 1 is 1.38 bits per heavy atom. The molecule has 4 heteroatoms. The van der Waals surface area contributed by atoms with E-state index in [1.54, 1.807) is 0 Å². The summed E-state index contributed by atoms with van der Waals surface area (Å²) in [5.74, 6) is 2.45. The van der Waals surface area contributed by atoms with Crippen molar-refractivity contribution in [1.29, 1.82) is 0 Å². The number of H-pyrrole nitrogens is 1. The quantitative estimate of drug-likeness (QED) is 0.893. The number of hydrogen-bond acceptors (Lipinski definition) is 2. The topological polar surface area (TPSA) is 57.8 Å². The summed E-state index contributed by atoms with van der Waals surface area (Å²) < 4.78 is 0. The number of carbonyl (C=O) groups is 1. The van der Waals surface area contributed by atoms with Crippen LogP contribution in [0.25, 0.3) is 0 Å². The summed E-state index contributed by atoms with van der Waals surface area (Å²) in [5, 5.41) is 10.3. The van der Waals surface area contributed by atoms with Crippen molar-refractivity contribution < 1.29 is 4.79 Å². The average molecular weight is 287 g/mol. The molecule has 0 radical (unpaired) electrons. The van der Waals surface area contributed by atoms with Crippen LogP contribution < -0.4 is 5.32 Å². The van der Waals surface area contributed by atoms with Gasteiger partial charge < -0.3 is 5.32 Å². The lowest BCUT2D eigenvalue weighted by Gasteiger charge is -2.60. The highest BCUT2D eigenvalue weighted by molar-refractivity contribution is 5.95. The van der Waals surface area contributed by atoms with Crippen LogP contribution in [0, 0.1) is 22.7 Å². The minimum Gasteiger partial charge on any atom is -0.309 e. The van der Waals surface area contributed by atoms with Gasteiger partial charge in [0, 0.05) is 11.8 Å². The van der Waals surface area contributed by atoms with Crippen molar-refractivity contribution in [2.45, 2.75) is 58.8 Å². The van der Waals surface area contributed by atoms with Gasteiger partial charge in [-0.2, -0.15) is 5.10 Å². The lowest BCUT2D eigenvalue weighted by atomic mass is 9.44. The summed E-state index contributed by atoms with van der Waals surface area (Å²) in [4.78, 5) is 12.9. The van der Waals surface area contributed by atoms with Gasteiger partial charge in [0.25, 0.3) is 0 Å². The predicted octanol–water partition coefficient (Wildman–Crippen LogP) is 3.52. The van der Waals surface area contributed by atoms with E-state index in [0.29, 0.717) is 11.2 Å². The molecule has 5 rings (SSSR count). The molecule has 21 heavy (non-hydrogen) atoms. The molecule has 4 saturated carbocycles. The molecule has 1 heterocycles. The van der Waals surface area contributed by atoms with Crippen molar-refractivity contribution in [2.75, 3.05) is 5.32 Å². The van der Waals surface area contributed by atoms with Gasteiger partial charge in [0.05, 0.1) is 5.41 Å². The fraction of sp³-hybridized carbons (Fsp3) is 0.765. The second-order valence-electron chi connectivity index (χ2n) is 8.14. The summed E-state index contributed by atoms with van der Waals surface area (Å²) in [7, 11) is 0. The summed E-state index contributed by atoms with van der Waals surface area (Å²) in [6.07, 6.45) is 8.20. The number of aryl methyl sites for hydroxylation is 1. The van der Waals surface area contributed by atoms with Crippen LogP contribution >= 0.6 is 0 Å². The maximum Gasteiger partial charge on any atom is 0.231 e. The Balaban J connectivity index is 1.56. The molecule has 4 bridgehead atoms. The van der Waals surface area contributed by atoms with Crippen LogP contribution in [0.1, 0.15) is 58.1 Å². The fourth-order valence-corrected chi connectivity index (χ4v) is 5.84. The number of anilines is 1. The maximum atomic E-state index is 12.9. The molecule has 2 N–H and O–H groups in total. The molecule has 114 valence electrons. The zero-order chi connectivity index (χ0) is 14.7. The van der Waals surface area contributed by atoms with E-state index in [1.165, 1.54) is 19.3 Å². The summed E-state index contributed by atoms with van der Waals surface area (Å²) >= 11 is 0. The number of nitrogens with one attached hydrogen (secondary N) is 2. The zero-order valence-electron chi connectivity index (χ0n) is 13.0. The Bertz CT molecular complexity index is 562. The molecule has 4 nitrogen and oxygen atoms in total. The average Bonchev–Trinajstić information content (AvgIpc) is 2.83. The Labute approximate surface area is 126 Å². The number of hydrogen-bond donors (Lipinski definition) is 2. The van der Waals surface area contributed by atoms with Gasteiger partial charge in [-0.3, -0.25) is 9.89 Å². The molecule has 0 aromatic carbocycles. The first-order valence-corrected chi connectivity index (χ1v) is 8.36. The highest BCUT2D eigenvalue weighted by atomic mass is 16.2. The smallest absolute Gasteiger partial charge is 0.231 e. The highest BCUT2D eigenvalue weighted by Crippen LogP contribution is 2.65. The first kappa shape index (κ1) is 13.4. The standard InChI is InChI=1S/C17H25N3O/c1-3-13-5-14(20-19-13)18-15(21)17-8-11-4-12(9-17)7-16(2,6-11)10-17/h5,11-12H,3-4,6-10H2,1-2H3,(H2,18,19,20,21). The maximum absolute atomic E-state index is 12.9. The van der Waals surface area contributed by atoms with E-state index in [-0.39, 0.29) is 11.3 Å². The van der Waals surface area contributed by atoms with E-state index in [9.17, 15) is 4.79 Å². The van der Waals surface area contributed by atoms with Crippen molar-refractivity contribution in [3.63, 3.8) is 0 Å². The summed E-state index contributed by atoms with van der Waals surface area (Å²) in [6, 6.07) is 1.96. The van der Waals surface area contributed by atoms with E-state index in [4.69, 9.17) is 0 Å². The second kappa shape index (κ2) is 4.34. The molecule has 4 aliphatic rings. The van der Waals surface area contributed by atoms with Crippen molar-refractivity contribution >= 4 is 11.7 Å². The molecule has 4 fully saturated rings. The molecule has 0 aliphatic heterocycles. The van der Waals surface area contributed by atoms with Crippen molar-refractivity contribution in [3.8, 4) is 0 Å². The zero-order valence-corrected chi connectivity index (χ0v) is 13.0. The molecule has 2 atom stereocenters. The normalized spacial score (nSPS) is 40.5. The summed E-state index contributed by atoms with van der Waals surface area (Å²) in [5.41, 5.74) is 1.36. The summed E-state index contributed by atoms with van der Waals surface area (Å²) in [6.45, 7) is 4.48. The number of rotatable bonds is 3. The third kappa shape index (κ3) is 2.11. The van der Waals surface area contributed by atoms with Crippen LogP contribution in [-0.4, -0.2) is 16.1 Å². The van der Waals surface area contributed by atoms with Crippen LogP contribution in [0.15, 0.2) is 6.07 Å². The van der Waals surface area contributed by atoms with Crippen LogP contribution in [0.4, 0.5) is 5.82 Å². The largest absolute Gasteiger partial charge is 0.309 e. The number of amides is 1. The SMILES string of the molecule is CCc1cc(NC(=O)C23CC4CC(CC(C)(C4)C2)C3)n[nH]1. The first-order valence-electron chi connectivity index (χ1n) is 8.36. The third-order valence-electron chi connectivity index (χ3n) is 6.09. The Morgan fingerprint density at radius 3 is 2.67 bits per heavy atom. The molecular formula is C17H25N3O. The molecule has 4 aliphatic carbocycles. The highest BCUT2D eigenvalue weighted by Gasteiger charge is 2.58.